The number of piperidine rings is 1. The van der Waals surface area contributed by atoms with Crippen molar-refractivity contribution in [3.05, 3.63) is 71.8 Å². The summed E-state index contributed by atoms with van der Waals surface area (Å²) in [5.41, 5.74) is 2.28. The van der Waals surface area contributed by atoms with E-state index in [0.717, 1.165) is 57.1 Å². The average Bonchev–Trinajstić information content (AvgIpc) is 3.16. The van der Waals surface area contributed by atoms with Crippen LogP contribution in [0, 0.1) is 17.8 Å². The number of aliphatic hydroxyl groups is 2. The lowest BCUT2D eigenvalue weighted by Gasteiger charge is -2.41. The van der Waals surface area contributed by atoms with Gasteiger partial charge in [0.05, 0.1) is 18.1 Å². The van der Waals surface area contributed by atoms with Gasteiger partial charge in [-0.15, -0.1) is 0 Å². The number of benzene rings is 2. The Morgan fingerprint density at radius 2 is 1.50 bits per heavy atom. The summed E-state index contributed by atoms with van der Waals surface area (Å²) in [6.45, 7) is 9.48. The van der Waals surface area contributed by atoms with Gasteiger partial charge in [0.2, 0.25) is 17.7 Å². The molecule has 1 saturated carbocycles. The fourth-order valence-electron chi connectivity index (χ4n) is 8.64. The van der Waals surface area contributed by atoms with E-state index in [-0.39, 0.29) is 30.1 Å². The largest absolute Gasteiger partial charge is 0.390 e. The number of aliphatic hydroxyl groups excluding tert-OH is 2. The van der Waals surface area contributed by atoms with Gasteiger partial charge in [0.25, 0.3) is 0 Å². The molecule has 4 rings (SSSR count). The summed E-state index contributed by atoms with van der Waals surface area (Å²) in [6.07, 6.45) is 9.75. The highest BCUT2D eigenvalue weighted by Gasteiger charge is 2.34. The lowest BCUT2D eigenvalue weighted by molar-refractivity contribution is -0.137. The summed E-state index contributed by atoms with van der Waals surface area (Å²) in [6, 6.07) is 19.7. The maximum Gasteiger partial charge on any atom is 0.242 e. The topological polar surface area (TPSA) is 122 Å². The van der Waals surface area contributed by atoms with E-state index in [9.17, 15) is 24.6 Å². The molecule has 0 radical (unpaired) electrons. The molecule has 1 aliphatic heterocycles. The van der Waals surface area contributed by atoms with Crippen molar-refractivity contribution in [2.24, 2.45) is 17.8 Å². The van der Waals surface area contributed by atoms with Crippen molar-refractivity contribution in [3.63, 3.8) is 0 Å². The number of hydrogen-bond donors (Lipinski definition) is 4. The van der Waals surface area contributed by atoms with E-state index in [1.807, 2.05) is 58.2 Å². The molecule has 9 heteroatoms. The van der Waals surface area contributed by atoms with E-state index in [1.54, 1.807) is 4.90 Å². The average molecular weight is 747 g/mol. The molecule has 7 atom stereocenters. The predicted molar refractivity (Wildman–Crippen MR) is 217 cm³/mol. The van der Waals surface area contributed by atoms with Crippen LogP contribution >= 0.6 is 0 Å². The molecule has 2 unspecified atom stereocenters. The molecule has 54 heavy (non-hydrogen) atoms. The Hall–Kier alpha value is -3.27. The van der Waals surface area contributed by atoms with Crippen molar-refractivity contribution in [2.75, 3.05) is 20.1 Å². The van der Waals surface area contributed by atoms with Crippen LogP contribution in [0.25, 0.3) is 0 Å². The zero-order valence-corrected chi connectivity index (χ0v) is 33.8. The Bertz CT molecular complexity index is 1400. The highest BCUT2D eigenvalue weighted by Crippen LogP contribution is 2.29. The Morgan fingerprint density at radius 1 is 0.852 bits per heavy atom. The van der Waals surface area contributed by atoms with Crippen LogP contribution < -0.4 is 10.6 Å². The summed E-state index contributed by atoms with van der Waals surface area (Å²) in [5, 5.41) is 28.2. The summed E-state index contributed by atoms with van der Waals surface area (Å²) >= 11 is 0. The van der Waals surface area contributed by atoms with Crippen LogP contribution in [-0.2, 0) is 27.2 Å². The summed E-state index contributed by atoms with van der Waals surface area (Å²) in [7, 11) is 1.83. The van der Waals surface area contributed by atoms with Crippen molar-refractivity contribution >= 4 is 17.7 Å². The van der Waals surface area contributed by atoms with Gasteiger partial charge in [0, 0.05) is 38.6 Å². The van der Waals surface area contributed by atoms with Crippen molar-refractivity contribution in [1.29, 1.82) is 0 Å². The van der Waals surface area contributed by atoms with Crippen molar-refractivity contribution < 1.29 is 24.6 Å². The molecule has 0 bridgehead atoms. The van der Waals surface area contributed by atoms with Crippen molar-refractivity contribution in [3.8, 4) is 0 Å². The minimum atomic E-state index is -1.10. The normalized spacial score (nSPS) is 21.1. The van der Waals surface area contributed by atoms with Crippen molar-refractivity contribution in [2.45, 2.75) is 154 Å². The van der Waals surface area contributed by atoms with Gasteiger partial charge in [0.1, 0.15) is 12.1 Å². The number of carbonyl (C=O) groups excluding carboxylic acids is 3. The van der Waals surface area contributed by atoms with Gasteiger partial charge in [-0.25, -0.2) is 0 Å². The standard InChI is InChI=1S/C45H70N4O5/c1-6-39(45(54)47-40(30-36-22-14-9-15-23-36)43(52)41(50)27-32(2)3)46-44(53)37(28-34-18-10-7-11-19-34)31-42(51)48(5)25-26-49-33(4)17-16-24-38(49)29-35-20-12-8-13-21-35/h7-8,10-13,18-21,32-33,36-41,43,50,52H,6,9,14-17,22-31H2,1-5H3,(H,46,53)(H,47,54)/t33?,37-,38?,39+,40+,41+,43-/m1/s1. The molecule has 2 aliphatic rings. The Kier molecular flexibility index (Phi) is 18.0. The van der Waals surface area contributed by atoms with E-state index in [2.05, 4.69) is 52.8 Å². The fourth-order valence-corrected chi connectivity index (χ4v) is 8.64. The number of amides is 3. The van der Waals surface area contributed by atoms with E-state index >= 15 is 0 Å². The lowest BCUT2D eigenvalue weighted by atomic mass is 9.82. The maximum absolute atomic E-state index is 14.1. The Labute approximate surface area is 325 Å². The van der Waals surface area contributed by atoms with Gasteiger partial charge in [-0.05, 0) is 74.8 Å². The first-order chi connectivity index (χ1) is 25.9. The molecule has 0 aromatic heterocycles. The molecule has 2 aromatic carbocycles. The predicted octanol–water partition coefficient (Wildman–Crippen LogP) is 6.30. The number of hydrogen-bond acceptors (Lipinski definition) is 6. The first-order valence-electron chi connectivity index (χ1n) is 21.0. The van der Waals surface area contributed by atoms with E-state index < -0.39 is 30.2 Å². The molecule has 0 spiro atoms. The molecule has 3 amide bonds. The highest BCUT2D eigenvalue weighted by atomic mass is 16.3. The zero-order chi connectivity index (χ0) is 39.0. The van der Waals surface area contributed by atoms with Crippen LogP contribution in [0.2, 0.25) is 0 Å². The molecule has 300 valence electrons. The fraction of sp³-hybridized carbons (Fsp3) is 0.667. The first kappa shape index (κ1) is 43.5. The lowest BCUT2D eigenvalue weighted by Crippen LogP contribution is -2.56. The third-order valence-corrected chi connectivity index (χ3v) is 11.9. The highest BCUT2D eigenvalue weighted by molar-refractivity contribution is 5.91. The maximum atomic E-state index is 14.1. The molecule has 2 fully saturated rings. The third-order valence-electron chi connectivity index (χ3n) is 11.9. The van der Waals surface area contributed by atoms with Crippen LogP contribution in [0.15, 0.2) is 60.7 Å². The van der Waals surface area contributed by atoms with E-state index in [1.165, 1.54) is 18.4 Å². The van der Waals surface area contributed by atoms with Gasteiger partial charge in [-0.3, -0.25) is 19.3 Å². The van der Waals surface area contributed by atoms with Crippen LogP contribution in [0.5, 0.6) is 0 Å². The Balaban J connectivity index is 1.41. The third kappa shape index (κ3) is 13.8. The molecule has 4 N–H and O–H groups in total. The van der Waals surface area contributed by atoms with E-state index in [0.29, 0.717) is 50.2 Å². The van der Waals surface area contributed by atoms with Gasteiger partial charge in [-0.1, -0.05) is 120 Å². The number of likely N-dealkylation sites (N-methyl/N-ethyl adjacent to an activating group) is 1. The van der Waals surface area contributed by atoms with Crippen LogP contribution in [0.4, 0.5) is 0 Å². The monoisotopic (exact) mass is 747 g/mol. The molecular weight excluding hydrogens is 677 g/mol. The van der Waals surface area contributed by atoms with Gasteiger partial charge in [0.15, 0.2) is 0 Å². The SMILES string of the molecule is CC[C@H](NC(=O)[C@@H](CC(=O)N(C)CCN1C(C)CCCC1Cc1ccccc1)Cc1ccccc1)C(=O)N[C@@H](CC1CCCCC1)[C@@H](O)[C@@H](O)CC(C)C. The number of rotatable bonds is 20. The number of nitrogens with one attached hydrogen (secondary N) is 2. The molecule has 2 aromatic rings. The van der Waals surface area contributed by atoms with Crippen LogP contribution in [0.3, 0.4) is 0 Å². The molecule has 1 saturated heterocycles. The second kappa shape index (κ2) is 22.3. The molecule has 1 aliphatic carbocycles. The number of nitrogens with zero attached hydrogens (tertiary/aromatic N) is 2. The minimum Gasteiger partial charge on any atom is -0.390 e. The van der Waals surface area contributed by atoms with Gasteiger partial charge < -0.3 is 25.7 Å². The second-order valence-corrected chi connectivity index (χ2v) is 16.8. The first-order valence-corrected chi connectivity index (χ1v) is 21.0. The second-order valence-electron chi connectivity index (χ2n) is 16.8. The Morgan fingerprint density at radius 3 is 2.13 bits per heavy atom. The van der Waals surface area contributed by atoms with Gasteiger partial charge in [-0.2, -0.15) is 0 Å². The summed E-state index contributed by atoms with van der Waals surface area (Å²) < 4.78 is 0. The van der Waals surface area contributed by atoms with Crippen LogP contribution in [-0.4, -0.2) is 94.2 Å². The smallest absolute Gasteiger partial charge is 0.242 e. The summed E-state index contributed by atoms with van der Waals surface area (Å²) in [4.78, 5) is 46.0. The summed E-state index contributed by atoms with van der Waals surface area (Å²) in [5.74, 6) is -0.908. The molecule has 9 nitrogen and oxygen atoms in total. The van der Waals surface area contributed by atoms with Gasteiger partial charge >= 0.3 is 0 Å². The minimum absolute atomic E-state index is 0.0304. The number of carbonyl (C=O) groups is 3. The quantitative estimate of drug-likeness (QED) is 0.126. The van der Waals surface area contributed by atoms with Crippen molar-refractivity contribution in [1.82, 2.24) is 20.4 Å². The molecule has 1 heterocycles. The number of likely N-dealkylation sites (tertiary alicyclic amines) is 1. The van der Waals surface area contributed by atoms with Crippen LogP contribution in [0.1, 0.15) is 116 Å². The van der Waals surface area contributed by atoms with E-state index in [4.69, 9.17) is 0 Å². The zero-order valence-electron chi connectivity index (χ0n) is 33.8. The molecular formula is C45H70N4O5.